The predicted molar refractivity (Wildman–Crippen MR) is 55.5 cm³/mol. The molecule has 3 N–H and O–H groups in total. The van der Waals surface area contributed by atoms with Crippen LogP contribution in [0.4, 0.5) is 0 Å². The third kappa shape index (κ3) is 2.05. The average Bonchev–Trinajstić information content (AvgIpc) is 2.93. The number of hydrogen-bond acceptors (Lipinski definition) is 2. The van der Waals surface area contributed by atoms with E-state index in [1.807, 2.05) is 0 Å². The lowest BCUT2D eigenvalue weighted by molar-refractivity contribution is 0.441. The molecule has 1 unspecified atom stereocenters. The van der Waals surface area contributed by atoms with E-state index in [1.54, 1.807) is 0 Å². The SMILES string of the molecule is CC1(C)CC1CNCC1(CN)CC1. The first-order chi connectivity index (χ1) is 6.08. The number of rotatable bonds is 5. The Morgan fingerprint density at radius 1 is 1.38 bits per heavy atom. The minimum absolute atomic E-state index is 0.499. The maximum Gasteiger partial charge on any atom is 0.00200 e. The Labute approximate surface area is 81.3 Å². The summed E-state index contributed by atoms with van der Waals surface area (Å²) in [7, 11) is 0. The Morgan fingerprint density at radius 2 is 2.00 bits per heavy atom. The summed E-state index contributed by atoms with van der Waals surface area (Å²) < 4.78 is 0. The van der Waals surface area contributed by atoms with Crippen LogP contribution in [0.2, 0.25) is 0 Å². The Kier molecular flexibility index (Phi) is 2.16. The minimum atomic E-state index is 0.499. The fourth-order valence-electron chi connectivity index (χ4n) is 2.07. The Balaban J connectivity index is 1.60. The van der Waals surface area contributed by atoms with Crippen LogP contribution in [0.1, 0.15) is 33.1 Å². The Hall–Kier alpha value is -0.0800. The van der Waals surface area contributed by atoms with Gasteiger partial charge in [-0.25, -0.2) is 0 Å². The molecule has 0 spiro atoms. The van der Waals surface area contributed by atoms with Gasteiger partial charge in [0.2, 0.25) is 0 Å². The zero-order chi connectivity index (χ0) is 9.53. The summed E-state index contributed by atoms with van der Waals surface area (Å²) in [6.45, 7) is 7.93. The average molecular weight is 182 g/mol. The highest BCUT2D eigenvalue weighted by Crippen LogP contribution is 2.51. The fraction of sp³-hybridized carbons (Fsp3) is 1.00. The lowest BCUT2D eigenvalue weighted by Crippen LogP contribution is -2.31. The second-order valence-corrected chi connectivity index (χ2v) is 5.72. The molecule has 76 valence electrons. The van der Waals surface area contributed by atoms with Gasteiger partial charge in [-0.1, -0.05) is 13.8 Å². The zero-order valence-electron chi connectivity index (χ0n) is 8.90. The van der Waals surface area contributed by atoms with Crippen molar-refractivity contribution >= 4 is 0 Å². The fourth-order valence-corrected chi connectivity index (χ4v) is 2.07. The van der Waals surface area contributed by atoms with Crippen LogP contribution in [0.5, 0.6) is 0 Å². The molecule has 0 aromatic rings. The van der Waals surface area contributed by atoms with Crippen molar-refractivity contribution in [2.75, 3.05) is 19.6 Å². The molecule has 0 aliphatic heterocycles. The van der Waals surface area contributed by atoms with E-state index in [9.17, 15) is 0 Å². The van der Waals surface area contributed by atoms with Crippen LogP contribution in [0.15, 0.2) is 0 Å². The molecule has 0 radical (unpaired) electrons. The maximum absolute atomic E-state index is 5.71. The first kappa shape index (κ1) is 9.47. The van der Waals surface area contributed by atoms with Crippen LogP contribution in [-0.4, -0.2) is 19.6 Å². The molecular weight excluding hydrogens is 160 g/mol. The van der Waals surface area contributed by atoms with Crippen molar-refractivity contribution in [2.24, 2.45) is 22.5 Å². The zero-order valence-corrected chi connectivity index (χ0v) is 8.90. The van der Waals surface area contributed by atoms with Gasteiger partial charge in [-0.05, 0) is 49.1 Å². The molecule has 2 aliphatic carbocycles. The molecule has 13 heavy (non-hydrogen) atoms. The summed E-state index contributed by atoms with van der Waals surface area (Å²) in [6.07, 6.45) is 4.07. The van der Waals surface area contributed by atoms with Gasteiger partial charge in [-0.3, -0.25) is 0 Å². The van der Waals surface area contributed by atoms with Crippen molar-refractivity contribution in [2.45, 2.75) is 33.1 Å². The van der Waals surface area contributed by atoms with E-state index >= 15 is 0 Å². The molecule has 0 aromatic carbocycles. The van der Waals surface area contributed by atoms with Gasteiger partial charge in [-0.15, -0.1) is 0 Å². The summed E-state index contributed by atoms with van der Waals surface area (Å²) in [5, 5.41) is 3.58. The normalized spacial score (nSPS) is 33.0. The van der Waals surface area contributed by atoms with Gasteiger partial charge in [0, 0.05) is 6.54 Å². The molecule has 0 amide bonds. The van der Waals surface area contributed by atoms with Crippen LogP contribution in [0.3, 0.4) is 0 Å². The predicted octanol–water partition coefficient (Wildman–Crippen LogP) is 1.36. The monoisotopic (exact) mass is 182 g/mol. The maximum atomic E-state index is 5.71. The van der Waals surface area contributed by atoms with E-state index in [2.05, 4.69) is 19.2 Å². The molecule has 2 nitrogen and oxygen atoms in total. The van der Waals surface area contributed by atoms with E-state index in [-0.39, 0.29) is 0 Å². The van der Waals surface area contributed by atoms with Crippen LogP contribution >= 0.6 is 0 Å². The lowest BCUT2D eigenvalue weighted by atomic mass is 10.1. The summed E-state index contributed by atoms with van der Waals surface area (Å²) in [4.78, 5) is 0. The largest absolute Gasteiger partial charge is 0.330 e. The third-order valence-electron chi connectivity index (χ3n) is 4.00. The first-order valence-corrected chi connectivity index (χ1v) is 5.49. The van der Waals surface area contributed by atoms with Crippen LogP contribution < -0.4 is 11.1 Å². The summed E-state index contributed by atoms with van der Waals surface area (Å²) in [5.74, 6) is 0.918. The smallest absolute Gasteiger partial charge is 0.00200 e. The molecule has 0 heterocycles. The molecule has 0 saturated heterocycles. The summed E-state index contributed by atoms with van der Waals surface area (Å²) in [5.41, 5.74) is 6.83. The Morgan fingerprint density at radius 3 is 2.38 bits per heavy atom. The standard InChI is InChI=1S/C11H22N2/c1-10(2)5-9(10)6-13-8-11(7-12)3-4-11/h9,13H,3-8,12H2,1-2H3. The number of hydrogen-bond donors (Lipinski definition) is 2. The summed E-state index contributed by atoms with van der Waals surface area (Å²) in [6, 6.07) is 0. The first-order valence-electron chi connectivity index (χ1n) is 5.49. The molecule has 2 aliphatic rings. The molecule has 2 saturated carbocycles. The molecular formula is C11H22N2. The quantitative estimate of drug-likeness (QED) is 0.674. The van der Waals surface area contributed by atoms with Crippen molar-refractivity contribution < 1.29 is 0 Å². The second-order valence-electron chi connectivity index (χ2n) is 5.72. The van der Waals surface area contributed by atoms with Gasteiger partial charge in [0.1, 0.15) is 0 Å². The molecule has 0 aromatic heterocycles. The van der Waals surface area contributed by atoms with Crippen molar-refractivity contribution in [1.82, 2.24) is 5.32 Å². The molecule has 2 fully saturated rings. The van der Waals surface area contributed by atoms with Gasteiger partial charge < -0.3 is 11.1 Å². The van der Waals surface area contributed by atoms with Crippen LogP contribution in [0, 0.1) is 16.7 Å². The minimum Gasteiger partial charge on any atom is -0.330 e. The van der Waals surface area contributed by atoms with E-state index < -0.39 is 0 Å². The summed E-state index contributed by atoms with van der Waals surface area (Å²) >= 11 is 0. The van der Waals surface area contributed by atoms with E-state index in [4.69, 9.17) is 5.73 Å². The van der Waals surface area contributed by atoms with Crippen LogP contribution in [-0.2, 0) is 0 Å². The van der Waals surface area contributed by atoms with Crippen LogP contribution in [0.25, 0.3) is 0 Å². The Bertz CT molecular complexity index is 194. The van der Waals surface area contributed by atoms with Gasteiger partial charge in [-0.2, -0.15) is 0 Å². The van der Waals surface area contributed by atoms with Crippen molar-refractivity contribution in [3.63, 3.8) is 0 Å². The molecule has 2 rings (SSSR count). The third-order valence-corrected chi connectivity index (χ3v) is 4.00. The van der Waals surface area contributed by atoms with Gasteiger partial charge in [0.05, 0.1) is 0 Å². The van der Waals surface area contributed by atoms with E-state index in [0.29, 0.717) is 10.8 Å². The van der Waals surface area contributed by atoms with Crippen molar-refractivity contribution in [1.29, 1.82) is 0 Å². The highest BCUT2D eigenvalue weighted by Gasteiger charge is 2.46. The van der Waals surface area contributed by atoms with E-state index in [1.165, 1.54) is 25.8 Å². The molecule has 2 heteroatoms. The van der Waals surface area contributed by atoms with Gasteiger partial charge >= 0.3 is 0 Å². The number of nitrogens with two attached hydrogens (primary N) is 1. The van der Waals surface area contributed by atoms with Crippen molar-refractivity contribution in [3.8, 4) is 0 Å². The van der Waals surface area contributed by atoms with Crippen molar-refractivity contribution in [3.05, 3.63) is 0 Å². The highest BCUT2D eigenvalue weighted by molar-refractivity contribution is 4.99. The van der Waals surface area contributed by atoms with E-state index in [0.717, 1.165) is 19.0 Å². The highest BCUT2D eigenvalue weighted by atomic mass is 14.9. The lowest BCUT2D eigenvalue weighted by Gasteiger charge is -2.13. The number of nitrogens with one attached hydrogen (secondary N) is 1. The second kappa shape index (κ2) is 2.96. The van der Waals surface area contributed by atoms with Gasteiger partial charge in [0.15, 0.2) is 0 Å². The topological polar surface area (TPSA) is 38.0 Å². The van der Waals surface area contributed by atoms with Gasteiger partial charge in [0.25, 0.3) is 0 Å². The molecule has 0 bridgehead atoms. The molecule has 1 atom stereocenters.